The Morgan fingerprint density at radius 3 is 2.44 bits per heavy atom. The molecule has 0 spiro atoms. The molecule has 0 unspecified atom stereocenters. The van der Waals surface area contributed by atoms with Gasteiger partial charge in [0, 0.05) is 5.56 Å². The fourth-order valence-corrected chi connectivity index (χ4v) is 2.20. The number of halogens is 2. The van der Waals surface area contributed by atoms with E-state index in [1.54, 1.807) is 30.3 Å². The SMILES string of the molecule is CC(C)(C)c1ccc(OCC(=O)N/N=C/c2ccccc2OC(F)F)cc1. The average Bonchev–Trinajstić information content (AvgIpc) is 2.60. The van der Waals surface area contributed by atoms with E-state index in [-0.39, 0.29) is 17.8 Å². The molecule has 144 valence electrons. The number of carbonyl (C=O) groups is 1. The first-order valence-corrected chi connectivity index (χ1v) is 8.35. The number of carbonyl (C=O) groups excluding carboxylic acids is 1. The van der Waals surface area contributed by atoms with Crippen LogP contribution in [-0.4, -0.2) is 25.3 Å². The molecule has 2 rings (SSSR count). The summed E-state index contributed by atoms with van der Waals surface area (Å²) in [6.45, 7) is 3.17. The van der Waals surface area contributed by atoms with Gasteiger partial charge in [-0.1, -0.05) is 45.0 Å². The Kier molecular flexibility index (Phi) is 6.87. The number of amides is 1. The minimum Gasteiger partial charge on any atom is -0.484 e. The second kappa shape index (κ2) is 9.12. The molecule has 2 aromatic rings. The van der Waals surface area contributed by atoms with E-state index in [0.29, 0.717) is 11.3 Å². The van der Waals surface area contributed by atoms with Gasteiger partial charge in [0.05, 0.1) is 6.21 Å². The molecule has 2 aromatic carbocycles. The van der Waals surface area contributed by atoms with Crippen molar-refractivity contribution >= 4 is 12.1 Å². The van der Waals surface area contributed by atoms with E-state index in [4.69, 9.17) is 4.74 Å². The molecule has 0 fully saturated rings. The van der Waals surface area contributed by atoms with Gasteiger partial charge in [0.25, 0.3) is 5.91 Å². The Bertz CT molecular complexity index is 785. The van der Waals surface area contributed by atoms with Crippen LogP contribution in [0.15, 0.2) is 53.6 Å². The summed E-state index contributed by atoms with van der Waals surface area (Å²) in [7, 11) is 0. The maximum atomic E-state index is 12.3. The highest BCUT2D eigenvalue weighted by Crippen LogP contribution is 2.24. The standard InChI is InChI=1S/C20H22F2N2O3/c1-20(2,3)15-8-10-16(11-9-15)26-13-18(25)24-23-12-14-6-4-5-7-17(14)27-19(21)22/h4-12,19H,13H2,1-3H3,(H,24,25)/b23-12+. The van der Waals surface area contributed by atoms with Crippen LogP contribution in [0.25, 0.3) is 0 Å². The molecule has 7 heteroatoms. The summed E-state index contributed by atoms with van der Waals surface area (Å²) in [4.78, 5) is 11.8. The highest BCUT2D eigenvalue weighted by atomic mass is 19.3. The van der Waals surface area contributed by atoms with Crippen molar-refractivity contribution in [2.24, 2.45) is 5.10 Å². The van der Waals surface area contributed by atoms with E-state index >= 15 is 0 Å². The molecule has 0 aromatic heterocycles. The molecule has 0 radical (unpaired) electrons. The summed E-state index contributed by atoms with van der Waals surface area (Å²) < 4.78 is 34.5. The second-order valence-electron chi connectivity index (χ2n) is 6.77. The third-order valence-electron chi connectivity index (χ3n) is 3.62. The molecule has 0 aliphatic carbocycles. The lowest BCUT2D eigenvalue weighted by Crippen LogP contribution is -2.24. The normalized spacial score (nSPS) is 11.6. The van der Waals surface area contributed by atoms with Crippen molar-refractivity contribution in [1.29, 1.82) is 0 Å². The van der Waals surface area contributed by atoms with Crippen LogP contribution in [0, 0.1) is 0 Å². The number of nitrogens with one attached hydrogen (secondary N) is 1. The maximum Gasteiger partial charge on any atom is 0.387 e. The van der Waals surface area contributed by atoms with Gasteiger partial charge in [0.1, 0.15) is 11.5 Å². The van der Waals surface area contributed by atoms with E-state index in [0.717, 1.165) is 5.56 Å². The van der Waals surface area contributed by atoms with Gasteiger partial charge >= 0.3 is 6.61 Å². The van der Waals surface area contributed by atoms with Crippen LogP contribution in [0.5, 0.6) is 11.5 Å². The van der Waals surface area contributed by atoms with Gasteiger partial charge in [0.2, 0.25) is 0 Å². The molecule has 0 bridgehead atoms. The zero-order valence-electron chi connectivity index (χ0n) is 15.4. The highest BCUT2D eigenvalue weighted by Gasteiger charge is 2.13. The number of benzene rings is 2. The molecule has 1 N–H and O–H groups in total. The third kappa shape index (κ3) is 6.69. The summed E-state index contributed by atoms with van der Waals surface area (Å²) in [5, 5.41) is 3.74. The Balaban J connectivity index is 1.85. The quantitative estimate of drug-likeness (QED) is 0.584. The Labute approximate surface area is 157 Å². The topological polar surface area (TPSA) is 59.9 Å². The third-order valence-corrected chi connectivity index (χ3v) is 3.62. The van der Waals surface area contributed by atoms with Crippen molar-refractivity contribution in [3.05, 3.63) is 59.7 Å². The molecule has 0 aliphatic rings. The van der Waals surface area contributed by atoms with Crippen LogP contribution in [-0.2, 0) is 10.2 Å². The Morgan fingerprint density at radius 2 is 1.81 bits per heavy atom. The number of alkyl halides is 2. The molecular formula is C20H22F2N2O3. The Morgan fingerprint density at radius 1 is 1.15 bits per heavy atom. The van der Waals surface area contributed by atoms with E-state index in [1.165, 1.54) is 12.3 Å². The summed E-state index contributed by atoms with van der Waals surface area (Å²) >= 11 is 0. The van der Waals surface area contributed by atoms with Crippen molar-refractivity contribution < 1.29 is 23.0 Å². The van der Waals surface area contributed by atoms with E-state index < -0.39 is 12.5 Å². The average molecular weight is 376 g/mol. The number of ether oxygens (including phenoxy) is 2. The van der Waals surface area contributed by atoms with Crippen molar-refractivity contribution in [2.75, 3.05) is 6.61 Å². The number of hydrazone groups is 1. The number of hydrogen-bond donors (Lipinski definition) is 1. The summed E-state index contributed by atoms with van der Waals surface area (Å²) in [5.74, 6) is 0.0666. The van der Waals surface area contributed by atoms with Crippen LogP contribution in [0.3, 0.4) is 0 Å². The smallest absolute Gasteiger partial charge is 0.387 e. The molecule has 1 amide bonds. The summed E-state index contributed by atoms with van der Waals surface area (Å²) in [6, 6.07) is 13.6. The molecule has 0 atom stereocenters. The zero-order valence-corrected chi connectivity index (χ0v) is 15.4. The van der Waals surface area contributed by atoms with Gasteiger partial charge in [-0.3, -0.25) is 4.79 Å². The molecule has 0 saturated carbocycles. The highest BCUT2D eigenvalue weighted by molar-refractivity contribution is 5.85. The van der Waals surface area contributed by atoms with Crippen molar-refractivity contribution in [3.63, 3.8) is 0 Å². The first-order chi connectivity index (χ1) is 12.8. The predicted molar refractivity (Wildman–Crippen MR) is 99.4 cm³/mol. The number of hydrogen-bond acceptors (Lipinski definition) is 4. The minimum atomic E-state index is -2.94. The van der Waals surface area contributed by atoms with E-state index in [1.807, 2.05) is 12.1 Å². The summed E-state index contributed by atoms with van der Waals surface area (Å²) in [6.07, 6.45) is 1.23. The van der Waals surface area contributed by atoms with Crippen LogP contribution >= 0.6 is 0 Å². The van der Waals surface area contributed by atoms with Gasteiger partial charge in [-0.05, 0) is 35.2 Å². The molecular weight excluding hydrogens is 354 g/mol. The lowest BCUT2D eigenvalue weighted by molar-refractivity contribution is -0.123. The predicted octanol–water partition coefficient (Wildman–Crippen LogP) is 4.11. The molecule has 0 heterocycles. The van der Waals surface area contributed by atoms with Gasteiger partial charge in [-0.2, -0.15) is 13.9 Å². The van der Waals surface area contributed by atoms with Gasteiger partial charge in [-0.15, -0.1) is 0 Å². The molecule has 5 nitrogen and oxygen atoms in total. The fraction of sp³-hybridized carbons (Fsp3) is 0.300. The number of para-hydroxylation sites is 1. The van der Waals surface area contributed by atoms with Gasteiger partial charge < -0.3 is 9.47 Å². The molecule has 27 heavy (non-hydrogen) atoms. The monoisotopic (exact) mass is 376 g/mol. The fourth-order valence-electron chi connectivity index (χ4n) is 2.20. The maximum absolute atomic E-state index is 12.3. The number of rotatable bonds is 7. The number of nitrogens with zero attached hydrogens (tertiary/aromatic N) is 1. The van der Waals surface area contributed by atoms with E-state index in [2.05, 4.69) is 36.0 Å². The van der Waals surface area contributed by atoms with Crippen LogP contribution < -0.4 is 14.9 Å². The van der Waals surface area contributed by atoms with Crippen LogP contribution in [0.4, 0.5) is 8.78 Å². The lowest BCUT2D eigenvalue weighted by atomic mass is 9.87. The van der Waals surface area contributed by atoms with E-state index in [9.17, 15) is 13.6 Å². The van der Waals surface area contributed by atoms with Gasteiger partial charge in [-0.25, -0.2) is 5.43 Å². The van der Waals surface area contributed by atoms with Crippen molar-refractivity contribution in [1.82, 2.24) is 5.43 Å². The first-order valence-electron chi connectivity index (χ1n) is 8.35. The minimum absolute atomic E-state index is 0.0271. The Hall–Kier alpha value is -2.96. The second-order valence-corrected chi connectivity index (χ2v) is 6.77. The van der Waals surface area contributed by atoms with Gasteiger partial charge in [0.15, 0.2) is 6.61 Å². The molecule has 0 saturated heterocycles. The van der Waals surface area contributed by atoms with Crippen LogP contribution in [0.2, 0.25) is 0 Å². The van der Waals surface area contributed by atoms with Crippen LogP contribution in [0.1, 0.15) is 31.9 Å². The largest absolute Gasteiger partial charge is 0.484 e. The zero-order chi connectivity index (χ0) is 19.9. The first kappa shape index (κ1) is 20.4. The van der Waals surface area contributed by atoms with Crippen molar-refractivity contribution in [2.45, 2.75) is 32.8 Å². The lowest BCUT2D eigenvalue weighted by Gasteiger charge is -2.19. The molecule has 0 aliphatic heterocycles. The summed E-state index contributed by atoms with van der Waals surface area (Å²) in [5.41, 5.74) is 3.79. The van der Waals surface area contributed by atoms with Crippen molar-refractivity contribution in [3.8, 4) is 11.5 Å².